The summed E-state index contributed by atoms with van der Waals surface area (Å²) in [5.41, 5.74) is 1.71. The largest absolute Gasteiger partial charge is 0.440 e. The molecular weight excluding hydrogens is 367 g/mol. The number of carbonyl (C=O) groups excluding carboxylic acids is 2. The number of halogens is 3. The van der Waals surface area contributed by atoms with E-state index >= 15 is 0 Å². The third-order valence-corrected chi connectivity index (χ3v) is 3.43. The molecule has 1 heterocycles. The summed E-state index contributed by atoms with van der Waals surface area (Å²) in [5.74, 6) is -0.219. The van der Waals surface area contributed by atoms with Crippen molar-refractivity contribution in [2.24, 2.45) is 0 Å². The van der Waals surface area contributed by atoms with E-state index in [4.69, 9.17) is 5.26 Å². The number of aromatic nitrogens is 2. The molecule has 0 spiro atoms. The van der Waals surface area contributed by atoms with Gasteiger partial charge in [-0.3, -0.25) is 10.1 Å². The molecular formula is C16H16F3N5O3. The molecule has 2 aromatic rings. The van der Waals surface area contributed by atoms with Gasteiger partial charge in [-0.1, -0.05) is 0 Å². The number of nitrogens with one attached hydrogen (secondary N) is 2. The van der Waals surface area contributed by atoms with E-state index in [1.807, 2.05) is 13.0 Å². The van der Waals surface area contributed by atoms with Crippen LogP contribution in [0, 0.1) is 11.3 Å². The van der Waals surface area contributed by atoms with Crippen molar-refractivity contribution in [2.45, 2.75) is 26.1 Å². The van der Waals surface area contributed by atoms with Crippen molar-refractivity contribution in [1.29, 1.82) is 5.26 Å². The minimum absolute atomic E-state index is 0.183. The zero-order chi connectivity index (χ0) is 20.0. The number of nitriles is 1. The van der Waals surface area contributed by atoms with Crippen LogP contribution < -0.4 is 10.6 Å². The Bertz CT molecular complexity index is 886. The number of carbonyl (C=O) groups is 2. The van der Waals surface area contributed by atoms with Gasteiger partial charge in [-0.05, 0) is 25.1 Å². The molecule has 1 aromatic heterocycles. The minimum atomic E-state index is -4.61. The second kappa shape index (κ2) is 8.39. The van der Waals surface area contributed by atoms with Crippen LogP contribution in [-0.2, 0) is 16.1 Å². The van der Waals surface area contributed by atoms with Crippen LogP contribution in [0.3, 0.4) is 0 Å². The summed E-state index contributed by atoms with van der Waals surface area (Å²) in [6, 6.07) is 6.96. The summed E-state index contributed by atoms with van der Waals surface area (Å²) in [6.07, 6.45) is -6.05. The molecule has 0 atom stereocenters. The van der Waals surface area contributed by atoms with Crippen LogP contribution in [0.2, 0.25) is 0 Å². The number of aryl methyl sites for hydroxylation is 1. The number of alkyl halides is 3. The SMILES string of the molecule is CCn1c(NC(=O)CCNC(=O)OCC(F)(F)F)nc2cc(C#N)ccc21. The number of ether oxygens (including phenoxy) is 1. The standard InChI is InChI=1S/C16H16F3N5O3/c1-2-24-12-4-3-10(8-20)7-11(12)22-14(24)23-13(25)5-6-21-15(26)27-9-16(17,18)19/h3-4,7H,2,5-6,9H2,1H3,(H,21,26)(H,22,23,25). The zero-order valence-corrected chi connectivity index (χ0v) is 14.3. The summed E-state index contributed by atoms with van der Waals surface area (Å²) < 4.78 is 41.4. The number of nitrogens with zero attached hydrogens (tertiary/aromatic N) is 3. The topological polar surface area (TPSA) is 109 Å². The van der Waals surface area contributed by atoms with Crippen molar-refractivity contribution >= 4 is 29.0 Å². The highest BCUT2D eigenvalue weighted by atomic mass is 19.4. The molecule has 0 aliphatic rings. The molecule has 0 bridgehead atoms. The second-order valence-corrected chi connectivity index (χ2v) is 5.41. The van der Waals surface area contributed by atoms with E-state index in [0.717, 1.165) is 5.52 Å². The first-order chi connectivity index (χ1) is 12.7. The van der Waals surface area contributed by atoms with Gasteiger partial charge >= 0.3 is 12.3 Å². The van der Waals surface area contributed by atoms with E-state index in [0.29, 0.717) is 17.6 Å². The summed E-state index contributed by atoms with van der Waals surface area (Å²) in [7, 11) is 0. The second-order valence-electron chi connectivity index (χ2n) is 5.41. The van der Waals surface area contributed by atoms with E-state index in [-0.39, 0.29) is 18.9 Å². The number of imidazole rings is 1. The first-order valence-electron chi connectivity index (χ1n) is 7.91. The number of hydrogen-bond acceptors (Lipinski definition) is 5. The minimum Gasteiger partial charge on any atom is -0.440 e. The highest BCUT2D eigenvalue weighted by molar-refractivity contribution is 5.92. The number of anilines is 1. The molecule has 11 heteroatoms. The van der Waals surface area contributed by atoms with Gasteiger partial charge in [0.15, 0.2) is 6.61 Å². The highest BCUT2D eigenvalue weighted by Gasteiger charge is 2.29. The van der Waals surface area contributed by atoms with Crippen molar-refractivity contribution < 1.29 is 27.5 Å². The maximum atomic E-state index is 12.0. The molecule has 1 aromatic carbocycles. The summed E-state index contributed by atoms with van der Waals surface area (Å²) in [4.78, 5) is 27.4. The van der Waals surface area contributed by atoms with Crippen LogP contribution in [0.15, 0.2) is 18.2 Å². The number of amides is 2. The Morgan fingerprint density at radius 2 is 2.11 bits per heavy atom. The molecule has 0 saturated heterocycles. The van der Waals surface area contributed by atoms with Crippen molar-refractivity contribution in [3.8, 4) is 6.07 Å². The fourth-order valence-corrected chi connectivity index (χ4v) is 2.28. The molecule has 0 unspecified atom stereocenters. The van der Waals surface area contributed by atoms with Crippen molar-refractivity contribution in [3.05, 3.63) is 23.8 Å². The monoisotopic (exact) mass is 383 g/mol. The van der Waals surface area contributed by atoms with Crippen molar-refractivity contribution in [3.63, 3.8) is 0 Å². The van der Waals surface area contributed by atoms with E-state index < -0.39 is 24.8 Å². The Morgan fingerprint density at radius 3 is 2.74 bits per heavy atom. The normalized spacial score (nSPS) is 11.1. The summed E-state index contributed by atoms with van der Waals surface area (Å²) in [6.45, 7) is 0.469. The Morgan fingerprint density at radius 1 is 1.37 bits per heavy atom. The van der Waals surface area contributed by atoms with Crippen LogP contribution in [0.4, 0.5) is 23.9 Å². The number of fused-ring (bicyclic) bond motifs is 1. The lowest BCUT2D eigenvalue weighted by atomic mass is 10.2. The summed E-state index contributed by atoms with van der Waals surface area (Å²) in [5, 5.41) is 13.6. The third kappa shape index (κ3) is 5.60. The molecule has 144 valence electrons. The van der Waals surface area contributed by atoms with Gasteiger partial charge in [-0.15, -0.1) is 0 Å². The molecule has 2 amide bonds. The van der Waals surface area contributed by atoms with Crippen molar-refractivity contribution in [2.75, 3.05) is 18.5 Å². The first-order valence-corrected chi connectivity index (χ1v) is 7.91. The average Bonchev–Trinajstić information content (AvgIpc) is 2.95. The lowest BCUT2D eigenvalue weighted by Crippen LogP contribution is -2.31. The Kier molecular flexibility index (Phi) is 6.23. The molecule has 27 heavy (non-hydrogen) atoms. The molecule has 0 radical (unpaired) electrons. The van der Waals surface area contributed by atoms with Crippen LogP contribution in [0.5, 0.6) is 0 Å². The Balaban J connectivity index is 1.92. The maximum Gasteiger partial charge on any atom is 0.422 e. The molecule has 0 saturated carbocycles. The fraction of sp³-hybridized carbons (Fsp3) is 0.375. The van der Waals surface area contributed by atoms with Crippen LogP contribution >= 0.6 is 0 Å². The molecule has 0 fully saturated rings. The van der Waals surface area contributed by atoms with Gasteiger partial charge in [0.2, 0.25) is 11.9 Å². The van der Waals surface area contributed by atoms with Gasteiger partial charge in [0.1, 0.15) is 0 Å². The highest BCUT2D eigenvalue weighted by Crippen LogP contribution is 2.21. The van der Waals surface area contributed by atoms with Gasteiger partial charge in [0.05, 0.1) is 22.7 Å². The predicted octanol–water partition coefficient (Wildman–Crippen LogP) is 2.54. The fourth-order valence-electron chi connectivity index (χ4n) is 2.28. The van der Waals surface area contributed by atoms with Crippen molar-refractivity contribution in [1.82, 2.24) is 14.9 Å². The van der Waals surface area contributed by atoms with Gasteiger partial charge in [0, 0.05) is 19.5 Å². The number of rotatable bonds is 6. The molecule has 8 nitrogen and oxygen atoms in total. The molecule has 0 aliphatic heterocycles. The van der Waals surface area contributed by atoms with Crippen LogP contribution in [-0.4, -0.2) is 40.9 Å². The molecule has 0 aliphatic carbocycles. The predicted molar refractivity (Wildman–Crippen MR) is 88.8 cm³/mol. The lowest BCUT2D eigenvalue weighted by molar-refractivity contribution is -0.160. The number of alkyl carbamates (subject to hydrolysis) is 1. The maximum absolute atomic E-state index is 12.0. The van der Waals surface area contributed by atoms with E-state index in [1.165, 1.54) is 0 Å². The van der Waals surface area contributed by atoms with Gasteiger partial charge in [-0.2, -0.15) is 18.4 Å². The van der Waals surface area contributed by atoms with Gasteiger partial charge in [0.25, 0.3) is 0 Å². The lowest BCUT2D eigenvalue weighted by Gasteiger charge is -2.10. The quantitative estimate of drug-likeness (QED) is 0.797. The smallest absolute Gasteiger partial charge is 0.422 e. The Labute approximate surface area is 151 Å². The van der Waals surface area contributed by atoms with E-state index in [2.05, 4.69) is 20.4 Å². The average molecular weight is 383 g/mol. The van der Waals surface area contributed by atoms with Crippen LogP contribution in [0.25, 0.3) is 11.0 Å². The first kappa shape index (κ1) is 20.0. The zero-order valence-electron chi connectivity index (χ0n) is 14.3. The van der Waals surface area contributed by atoms with Gasteiger partial charge < -0.3 is 14.6 Å². The van der Waals surface area contributed by atoms with Gasteiger partial charge in [-0.25, -0.2) is 9.78 Å². The third-order valence-electron chi connectivity index (χ3n) is 3.43. The number of hydrogen-bond donors (Lipinski definition) is 2. The summed E-state index contributed by atoms with van der Waals surface area (Å²) >= 11 is 0. The van der Waals surface area contributed by atoms with Crippen LogP contribution in [0.1, 0.15) is 18.9 Å². The molecule has 2 rings (SSSR count). The van der Waals surface area contributed by atoms with E-state index in [1.54, 1.807) is 22.8 Å². The number of benzene rings is 1. The van der Waals surface area contributed by atoms with E-state index in [9.17, 15) is 22.8 Å². The molecule has 2 N–H and O–H groups in total. The Hall–Kier alpha value is -3.29.